The van der Waals surface area contributed by atoms with E-state index >= 15 is 0 Å². The van der Waals surface area contributed by atoms with Gasteiger partial charge in [-0.15, -0.1) is 0 Å². The highest BCUT2D eigenvalue weighted by Crippen LogP contribution is 2.25. The minimum atomic E-state index is -2.00. The van der Waals surface area contributed by atoms with Gasteiger partial charge in [0.1, 0.15) is 0 Å². The van der Waals surface area contributed by atoms with Crippen LogP contribution in [0.2, 0.25) is 19.6 Å². The minimum Gasteiger partial charge on any atom is -0.540 e. The fourth-order valence-electron chi connectivity index (χ4n) is 1.13. The molecule has 0 fully saturated rings. The molecule has 0 saturated heterocycles. The van der Waals surface area contributed by atoms with Crippen molar-refractivity contribution in [3.05, 3.63) is 29.3 Å². The first-order valence-electron chi connectivity index (χ1n) is 4.70. The number of benzene rings is 1. The Labute approximate surface area is 89.2 Å². The standard InChI is InChI=1S/C10H15F2NOSi/c1-15(2,3)14-10-8(11)4-7(6-13)5-9(10)12/h4-5H,6,13H2,1-3H3. The van der Waals surface area contributed by atoms with Gasteiger partial charge in [-0.2, -0.15) is 0 Å². The molecule has 0 atom stereocenters. The average Bonchev–Trinajstić information content (AvgIpc) is 2.09. The Kier molecular flexibility index (Phi) is 3.46. The maximum absolute atomic E-state index is 13.4. The third kappa shape index (κ3) is 3.28. The molecule has 1 aromatic carbocycles. The van der Waals surface area contributed by atoms with Gasteiger partial charge in [-0.05, 0) is 37.3 Å². The molecule has 0 aliphatic rings. The van der Waals surface area contributed by atoms with Crippen LogP contribution >= 0.6 is 0 Å². The maximum atomic E-state index is 13.4. The van der Waals surface area contributed by atoms with Crippen molar-refractivity contribution in [2.75, 3.05) is 0 Å². The fourth-order valence-corrected chi connectivity index (χ4v) is 1.94. The predicted molar refractivity (Wildman–Crippen MR) is 58.2 cm³/mol. The summed E-state index contributed by atoms with van der Waals surface area (Å²) in [7, 11) is -2.00. The van der Waals surface area contributed by atoms with Crippen LogP contribution in [-0.2, 0) is 6.54 Å². The van der Waals surface area contributed by atoms with Gasteiger partial charge in [0.05, 0.1) is 0 Å². The second kappa shape index (κ2) is 4.28. The van der Waals surface area contributed by atoms with E-state index in [1.54, 1.807) is 0 Å². The summed E-state index contributed by atoms with van der Waals surface area (Å²) < 4.78 is 32.2. The number of hydrogen-bond donors (Lipinski definition) is 1. The lowest BCUT2D eigenvalue weighted by Crippen LogP contribution is -2.30. The molecule has 0 aliphatic carbocycles. The first kappa shape index (κ1) is 12.1. The quantitative estimate of drug-likeness (QED) is 0.812. The Morgan fingerprint density at radius 1 is 1.20 bits per heavy atom. The van der Waals surface area contributed by atoms with Gasteiger partial charge in [0, 0.05) is 6.54 Å². The molecular formula is C10H15F2NOSi. The summed E-state index contributed by atoms with van der Waals surface area (Å²) in [5.41, 5.74) is 5.72. The minimum absolute atomic E-state index is 0.112. The monoisotopic (exact) mass is 231 g/mol. The van der Waals surface area contributed by atoms with Gasteiger partial charge in [-0.25, -0.2) is 8.78 Å². The molecule has 1 aromatic rings. The molecule has 0 spiro atoms. The van der Waals surface area contributed by atoms with E-state index in [0.29, 0.717) is 5.56 Å². The van der Waals surface area contributed by atoms with Crippen molar-refractivity contribution >= 4 is 8.32 Å². The molecular weight excluding hydrogens is 216 g/mol. The van der Waals surface area contributed by atoms with Gasteiger partial charge in [0.25, 0.3) is 0 Å². The van der Waals surface area contributed by atoms with E-state index in [1.165, 1.54) is 12.1 Å². The molecule has 2 N–H and O–H groups in total. The lowest BCUT2D eigenvalue weighted by molar-refractivity contribution is 0.449. The van der Waals surface area contributed by atoms with Crippen LogP contribution in [0.3, 0.4) is 0 Å². The summed E-state index contributed by atoms with van der Waals surface area (Å²) in [6, 6.07) is 2.41. The van der Waals surface area contributed by atoms with Crippen LogP contribution in [0.25, 0.3) is 0 Å². The average molecular weight is 231 g/mol. The number of hydrogen-bond acceptors (Lipinski definition) is 2. The van der Waals surface area contributed by atoms with E-state index in [1.807, 2.05) is 19.6 Å². The van der Waals surface area contributed by atoms with Crippen LogP contribution < -0.4 is 10.2 Å². The molecule has 0 saturated carbocycles. The van der Waals surface area contributed by atoms with Gasteiger partial charge in [0.15, 0.2) is 17.4 Å². The molecule has 15 heavy (non-hydrogen) atoms. The SMILES string of the molecule is C[Si](C)(C)Oc1c(F)cc(CN)cc1F. The molecule has 2 nitrogen and oxygen atoms in total. The van der Waals surface area contributed by atoms with Crippen molar-refractivity contribution in [3.63, 3.8) is 0 Å². The highest BCUT2D eigenvalue weighted by Gasteiger charge is 2.21. The Hall–Kier alpha value is -0.943. The molecule has 0 amide bonds. The molecule has 0 aromatic heterocycles. The second-order valence-corrected chi connectivity index (χ2v) is 8.74. The molecule has 0 heterocycles. The second-order valence-electron chi connectivity index (χ2n) is 4.31. The molecule has 5 heteroatoms. The number of halogens is 2. The van der Waals surface area contributed by atoms with Crippen LogP contribution in [0.15, 0.2) is 12.1 Å². The summed E-state index contributed by atoms with van der Waals surface area (Å²) in [4.78, 5) is 0. The summed E-state index contributed by atoms with van der Waals surface area (Å²) in [6.45, 7) is 5.70. The van der Waals surface area contributed by atoms with Gasteiger partial charge in [-0.3, -0.25) is 0 Å². The van der Waals surface area contributed by atoms with E-state index in [9.17, 15) is 8.78 Å². The topological polar surface area (TPSA) is 35.2 Å². The number of rotatable bonds is 3. The van der Waals surface area contributed by atoms with E-state index < -0.39 is 20.0 Å². The lowest BCUT2D eigenvalue weighted by atomic mass is 10.2. The van der Waals surface area contributed by atoms with Crippen molar-refractivity contribution in [1.82, 2.24) is 0 Å². The Morgan fingerprint density at radius 3 is 2.00 bits per heavy atom. The largest absolute Gasteiger partial charge is 0.540 e. The van der Waals surface area contributed by atoms with E-state index in [0.717, 1.165) is 0 Å². The van der Waals surface area contributed by atoms with Crippen molar-refractivity contribution in [1.29, 1.82) is 0 Å². The third-order valence-corrected chi connectivity index (χ3v) is 2.52. The van der Waals surface area contributed by atoms with Gasteiger partial charge >= 0.3 is 0 Å². The lowest BCUT2D eigenvalue weighted by Gasteiger charge is -2.20. The van der Waals surface area contributed by atoms with Gasteiger partial charge in [-0.1, -0.05) is 0 Å². The van der Waals surface area contributed by atoms with Crippen LogP contribution in [0.5, 0.6) is 5.75 Å². The van der Waals surface area contributed by atoms with Gasteiger partial charge in [0.2, 0.25) is 8.32 Å². The zero-order chi connectivity index (χ0) is 11.6. The van der Waals surface area contributed by atoms with E-state index in [2.05, 4.69) is 0 Å². The smallest absolute Gasteiger partial charge is 0.242 e. The zero-order valence-corrected chi connectivity index (χ0v) is 10.1. The van der Waals surface area contributed by atoms with Crippen LogP contribution in [0, 0.1) is 11.6 Å². The predicted octanol–water partition coefficient (Wildman–Crippen LogP) is 2.64. The molecule has 84 valence electrons. The maximum Gasteiger partial charge on any atom is 0.242 e. The fraction of sp³-hybridized carbons (Fsp3) is 0.400. The summed E-state index contributed by atoms with van der Waals surface area (Å²) in [6.07, 6.45) is 0. The summed E-state index contributed by atoms with van der Waals surface area (Å²) in [5.74, 6) is -1.65. The Bertz CT molecular complexity index is 340. The number of nitrogens with two attached hydrogens (primary N) is 1. The normalized spacial score (nSPS) is 11.6. The van der Waals surface area contributed by atoms with E-state index in [4.69, 9.17) is 10.2 Å². The molecule has 0 aliphatic heterocycles. The van der Waals surface area contributed by atoms with Crippen molar-refractivity contribution in [2.24, 2.45) is 5.73 Å². The third-order valence-electron chi connectivity index (χ3n) is 1.70. The van der Waals surface area contributed by atoms with E-state index in [-0.39, 0.29) is 12.3 Å². The van der Waals surface area contributed by atoms with Crippen molar-refractivity contribution < 1.29 is 13.2 Å². The molecule has 1 rings (SSSR count). The molecule has 0 unspecified atom stereocenters. The van der Waals surface area contributed by atoms with Gasteiger partial charge < -0.3 is 10.2 Å². The first-order chi connectivity index (χ1) is 6.83. The van der Waals surface area contributed by atoms with Crippen LogP contribution in [-0.4, -0.2) is 8.32 Å². The van der Waals surface area contributed by atoms with Crippen molar-refractivity contribution in [2.45, 2.75) is 26.2 Å². The van der Waals surface area contributed by atoms with Crippen molar-refractivity contribution in [3.8, 4) is 5.75 Å². The van der Waals surface area contributed by atoms with Crippen LogP contribution in [0.1, 0.15) is 5.56 Å². The molecule has 0 bridgehead atoms. The van der Waals surface area contributed by atoms with Crippen LogP contribution in [0.4, 0.5) is 8.78 Å². The first-order valence-corrected chi connectivity index (χ1v) is 8.11. The zero-order valence-electron chi connectivity index (χ0n) is 9.10. The summed E-state index contributed by atoms with van der Waals surface area (Å²) >= 11 is 0. The Morgan fingerprint density at radius 2 is 1.67 bits per heavy atom. The highest BCUT2D eigenvalue weighted by molar-refractivity contribution is 6.70. The summed E-state index contributed by atoms with van der Waals surface area (Å²) in [5, 5.41) is 0. The highest BCUT2D eigenvalue weighted by atomic mass is 28.4. The molecule has 0 radical (unpaired) electrons. The Balaban J connectivity index is 3.09.